The maximum Gasteiger partial charge on any atom is 0.254 e. The van der Waals surface area contributed by atoms with Gasteiger partial charge in [0, 0.05) is 38.1 Å². The summed E-state index contributed by atoms with van der Waals surface area (Å²) in [4.78, 5) is 25.5. The SMILES string of the molecule is CN(C)C(=O)c1ccc(N2CCc3nc(N)sc3C2)nc1. The Morgan fingerprint density at radius 2 is 2.24 bits per heavy atom. The fraction of sp³-hybridized carbons (Fsp3) is 0.357. The second-order valence-electron chi connectivity index (χ2n) is 5.20. The Hall–Kier alpha value is -2.15. The van der Waals surface area contributed by atoms with Crippen molar-refractivity contribution in [2.24, 2.45) is 0 Å². The van der Waals surface area contributed by atoms with Gasteiger partial charge in [0.2, 0.25) is 0 Å². The van der Waals surface area contributed by atoms with E-state index in [2.05, 4.69) is 14.9 Å². The third kappa shape index (κ3) is 2.69. The fourth-order valence-corrected chi connectivity index (χ4v) is 3.26. The molecule has 21 heavy (non-hydrogen) atoms. The van der Waals surface area contributed by atoms with Crippen LogP contribution in [0.15, 0.2) is 18.3 Å². The van der Waals surface area contributed by atoms with Gasteiger partial charge < -0.3 is 15.5 Å². The van der Waals surface area contributed by atoms with Crippen LogP contribution in [0.1, 0.15) is 20.9 Å². The molecule has 3 rings (SSSR count). The lowest BCUT2D eigenvalue weighted by Gasteiger charge is -2.27. The van der Waals surface area contributed by atoms with Gasteiger partial charge in [-0.05, 0) is 12.1 Å². The zero-order valence-electron chi connectivity index (χ0n) is 12.0. The fourth-order valence-electron chi connectivity index (χ4n) is 2.37. The highest BCUT2D eigenvalue weighted by molar-refractivity contribution is 7.15. The molecule has 2 N–H and O–H groups in total. The third-order valence-corrected chi connectivity index (χ3v) is 4.38. The lowest BCUT2D eigenvalue weighted by atomic mass is 10.1. The number of thiazole rings is 1. The number of nitrogens with zero attached hydrogens (tertiary/aromatic N) is 4. The molecule has 110 valence electrons. The molecular weight excluding hydrogens is 286 g/mol. The van der Waals surface area contributed by atoms with Crippen LogP contribution >= 0.6 is 11.3 Å². The van der Waals surface area contributed by atoms with Crippen LogP contribution in [-0.2, 0) is 13.0 Å². The van der Waals surface area contributed by atoms with Gasteiger partial charge in [0.25, 0.3) is 5.91 Å². The molecule has 0 saturated heterocycles. The molecule has 0 saturated carbocycles. The average Bonchev–Trinajstić information content (AvgIpc) is 2.85. The van der Waals surface area contributed by atoms with Crippen molar-refractivity contribution in [3.8, 4) is 0 Å². The van der Waals surface area contributed by atoms with Crippen molar-refractivity contribution in [3.63, 3.8) is 0 Å². The number of rotatable bonds is 2. The van der Waals surface area contributed by atoms with Crippen LogP contribution in [0.3, 0.4) is 0 Å². The molecule has 0 unspecified atom stereocenters. The molecule has 7 heteroatoms. The van der Waals surface area contributed by atoms with Crippen molar-refractivity contribution in [1.29, 1.82) is 0 Å². The molecule has 0 aromatic carbocycles. The van der Waals surface area contributed by atoms with Crippen LogP contribution in [0.2, 0.25) is 0 Å². The summed E-state index contributed by atoms with van der Waals surface area (Å²) in [6.45, 7) is 1.64. The lowest BCUT2D eigenvalue weighted by molar-refractivity contribution is 0.0827. The summed E-state index contributed by atoms with van der Waals surface area (Å²) in [6.07, 6.45) is 2.51. The molecule has 1 aliphatic heterocycles. The molecule has 0 radical (unpaired) electrons. The van der Waals surface area contributed by atoms with Crippen molar-refractivity contribution in [1.82, 2.24) is 14.9 Å². The Morgan fingerprint density at radius 3 is 2.90 bits per heavy atom. The minimum Gasteiger partial charge on any atom is -0.375 e. The van der Waals surface area contributed by atoms with Gasteiger partial charge in [0.15, 0.2) is 5.13 Å². The second kappa shape index (κ2) is 5.33. The lowest BCUT2D eigenvalue weighted by Crippen LogP contribution is -2.30. The van der Waals surface area contributed by atoms with Gasteiger partial charge in [-0.25, -0.2) is 9.97 Å². The van der Waals surface area contributed by atoms with Crippen LogP contribution in [0.25, 0.3) is 0 Å². The van der Waals surface area contributed by atoms with Crippen LogP contribution in [0.4, 0.5) is 10.9 Å². The number of carbonyl (C=O) groups is 1. The summed E-state index contributed by atoms with van der Waals surface area (Å²) in [5, 5.41) is 0.627. The summed E-state index contributed by atoms with van der Waals surface area (Å²) in [5.41, 5.74) is 7.46. The van der Waals surface area contributed by atoms with E-state index in [-0.39, 0.29) is 5.91 Å². The van der Waals surface area contributed by atoms with Gasteiger partial charge in [0.1, 0.15) is 5.82 Å². The summed E-state index contributed by atoms with van der Waals surface area (Å²) in [6, 6.07) is 3.72. The maximum absolute atomic E-state index is 11.9. The number of nitrogen functional groups attached to an aromatic ring is 1. The molecule has 6 nitrogen and oxygen atoms in total. The molecule has 2 aromatic rings. The van der Waals surface area contributed by atoms with Crippen LogP contribution in [0.5, 0.6) is 0 Å². The quantitative estimate of drug-likeness (QED) is 0.907. The van der Waals surface area contributed by atoms with Crippen molar-refractivity contribution in [2.75, 3.05) is 31.3 Å². The second-order valence-corrected chi connectivity index (χ2v) is 6.31. The number of anilines is 2. The van der Waals surface area contributed by atoms with Crippen molar-refractivity contribution in [2.45, 2.75) is 13.0 Å². The Morgan fingerprint density at radius 1 is 1.43 bits per heavy atom. The molecule has 0 bridgehead atoms. The minimum absolute atomic E-state index is 0.0368. The number of pyridine rings is 1. The van der Waals surface area contributed by atoms with Crippen molar-refractivity contribution >= 4 is 28.2 Å². The molecule has 2 aromatic heterocycles. The number of hydrogen-bond donors (Lipinski definition) is 1. The third-order valence-electron chi connectivity index (χ3n) is 3.47. The highest BCUT2D eigenvalue weighted by Gasteiger charge is 2.21. The Labute approximate surface area is 127 Å². The van der Waals surface area contributed by atoms with Gasteiger partial charge in [-0.2, -0.15) is 0 Å². The first kappa shape index (κ1) is 13.8. The first-order chi connectivity index (χ1) is 10.0. The van der Waals surface area contributed by atoms with E-state index >= 15 is 0 Å². The van der Waals surface area contributed by atoms with E-state index in [9.17, 15) is 4.79 Å². The number of aromatic nitrogens is 2. The number of amides is 1. The first-order valence-corrected chi connectivity index (χ1v) is 7.53. The number of carbonyl (C=O) groups excluding carboxylic acids is 1. The number of fused-ring (bicyclic) bond motifs is 1. The molecule has 0 spiro atoms. The maximum atomic E-state index is 11.9. The van der Waals surface area contributed by atoms with Gasteiger partial charge in [-0.3, -0.25) is 4.79 Å². The largest absolute Gasteiger partial charge is 0.375 e. The molecule has 1 amide bonds. The molecule has 3 heterocycles. The van der Waals surface area contributed by atoms with Crippen molar-refractivity contribution < 1.29 is 4.79 Å². The molecule has 0 fully saturated rings. The average molecular weight is 303 g/mol. The van der Waals surface area contributed by atoms with Gasteiger partial charge in [0.05, 0.1) is 17.8 Å². The van der Waals surface area contributed by atoms with Gasteiger partial charge >= 0.3 is 0 Å². The van der Waals surface area contributed by atoms with Crippen LogP contribution in [0, 0.1) is 0 Å². The molecular formula is C14H17N5OS. The van der Waals surface area contributed by atoms with E-state index in [4.69, 9.17) is 5.73 Å². The van der Waals surface area contributed by atoms with E-state index in [0.717, 1.165) is 31.0 Å². The number of hydrogen-bond acceptors (Lipinski definition) is 6. The van der Waals surface area contributed by atoms with E-state index in [1.54, 1.807) is 25.2 Å². The molecule has 0 aliphatic carbocycles. The van der Waals surface area contributed by atoms with E-state index in [1.165, 1.54) is 16.2 Å². The van der Waals surface area contributed by atoms with Crippen LogP contribution < -0.4 is 10.6 Å². The number of nitrogens with two attached hydrogens (primary N) is 1. The van der Waals surface area contributed by atoms with E-state index in [1.807, 2.05) is 12.1 Å². The zero-order chi connectivity index (χ0) is 15.0. The highest BCUT2D eigenvalue weighted by Crippen LogP contribution is 2.28. The molecule has 0 atom stereocenters. The topological polar surface area (TPSA) is 75.4 Å². The Balaban J connectivity index is 1.78. The standard InChI is InChI=1S/C14H17N5OS/c1-18(2)13(20)9-3-4-12(16-7-9)19-6-5-10-11(8-19)21-14(15)17-10/h3-4,7H,5-6,8H2,1-2H3,(H2,15,17). The summed E-state index contributed by atoms with van der Waals surface area (Å²) in [5.74, 6) is 0.841. The predicted molar refractivity (Wildman–Crippen MR) is 83.5 cm³/mol. The summed E-state index contributed by atoms with van der Waals surface area (Å²) >= 11 is 1.54. The monoisotopic (exact) mass is 303 g/mol. The predicted octanol–water partition coefficient (Wildman–Crippen LogP) is 1.38. The van der Waals surface area contributed by atoms with Crippen molar-refractivity contribution in [3.05, 3.63) is 34.5 Å². The normalized spacial score (nSPS) is 13.9. The minimum atomic E-state index is -0.0368. The zero-order valence-corrected chi connectivity index (χ0v) is 12.9. The Bertz CT molecular complexity index is 665. The first-order valence-electron chi connectivity index (χ1n) is 6.71. The van der Waals surface area contributed by atoms with E-state index < -0.39 is 0 Å². The summed E-state index contributed by atoms with van der Waals surface area (Å²) < 4.78 is 0. The Kier molecular flexibility index (Phi) is 3.50. The highest BCUT2D eigenvalue weighted by atomic mass is 32.1. The van der Waals surface area contributed by atoms with E-state index in [0.29, 0.717) is 10.7 Å². The van der Waals surface area contributed by atoms with Gasteiger partial charge in [-0.15, -0.1) is 11.3 Å². The summed E-state index contributed by atoms with van der Waals surface area (Å²) in [7, 11) is 3.47. The smallest absolute Gasteiger partial charge is 0.254 e. The van der Waals surface area contributed by atoms with Crippen LogP contribution in [-0.4, -0.2) is 41.4 Å². The van der Waals surface area contributed by atoms with Gasteiger partial charge in [-0.1, -0.05) is 0 Å². The molecule has 1 aliphatic rings.